The maximum Gasteiger partial charge on any atom is 0.236 e. The van der Waals surface area contributed by atoms with E-state index >= 15 is 0 Å². The number of hydrogen-bond acceptors (Lipinski definition) is 3. The lowest BCUT2D eigenvalue weighted by Crippen LogP contribution is -2.40. The number of hydrogen-bond donors (Lipinski definition) is 2. The summed E-state index contributed by atoms with van der Waals surface area (Å²) in [6.45, 7) is 1.01. The van der Waals surface area contributed by atoms with Crippen LogP contribution in [0.15, 0.2) is 18.2 Å². The van der Waals surface area contributed by atoms with E-state index in [9.17, 15) is 4.79 Å². The van der Waals surface area contributed by atoms with Crippen molar-refractivity contribution in [2.45, 2.75) is 38.3 Å². The molecule has 0 aliphatic heterocycles. The smallest absolute Gasteiger partial charge is 0.236 e. The van der Waals surface area contributed by atoms with Gasteiger partial charge in [-0.2, -0.15) is 0 Å². The van der Waals surface area contributed by atoms with E-state index in [1.165, 1.54) is 12.8 Å². The van der Waals surface area contributed by atoms with Gasteiger partial charge in [0.15, 0.2) is 0 Å². The van der Waals surface area contributed by atoms with Crippen molar-refractivity contribution in [2.75, 3.05) is 18.5 Å². The molecule has 1 aromatic rings. The molecule has 1 amide bonds. The first-order chi connectivity index (χ1) is 9.61. The number of primary amides is 1. The maximum atomic E-state index is 11.3. The van der Waals surface area contributed by atoms with Gasteiger partial charge in [0.1, 0.15) is 0 Å². The maximum absolute atomic E-state index is 11.3. The molecule has 3 N–H and O–H groups in total. The quantitative estimate of drug-likeness (QED) is 0.846. The van der Waals surface area contributed by atoms with Crippen LogP contribution in [-0.2, 0) is 11.3 Å². The fourth-order valence-corrected chi connectivity index (χ4v) is 3.20. The largest absolute Gasteiger partial charge is 0.368 e. The van der Waals surface area contributed by atoms with E-state index in [0.717, 1.165) is 30.6 Å². The molecule has 1 aliphatic carbocycles. The van der Waals surface area contributed by atoms with Crippen molar-refractivity contribution < 1.29 is 4.79 Å². The number of nitrogens with zero attached hydrogens (tertiary/aromatic N) is 1. The van der Waals surface area contributed by atoms with Gasteiger partial charge in [0, 0.05) is 12.6 Å². The molecule has 0 spiro atoms. The third kappa shape index (κ3) is 3.64. The molecule has 0 unspecified atom stereocenters. The molecule has 0 atom stereocenters. The predicted octanol–water partition coefficient (Wildman–Crippen LogP) is 2.29. The average Bonchev–Trinajstić information content (AvgIpc) is 2.90. The molecule has 0 aromatic heterocycles. The summed E-state index contributed by atoms with van der Waals surface area (Å²) in [6.07, 6.45) is 4.61. The Balaban J connectivity index is 2.25. The summed E-state index contributed by atoms with van der Waals surface area (Å²) in [5.74, 6) is -0.313. The second-order valence-electron chi connectivity index (χ2n) is 5.35. The number of halogens is 1. The van der Waals surface area contributed by atoms with Crippen LogP contribution in [0.2, 0.25) is 5.02 Å². The Morgan fingerprint density at radius 1 is 1.45 bits per heavy atom. The highest BCUT2D eigenvalue weighted by molar-refractivity contribution is 6.33. The van der Waals surface area contributed by atoms with Gasteiger partial charge in [-0.15, -0.1) is 0 Å². The fourth-order valence-electron chi connectivity index (χ4n) is 2.89. The van der Waals surface area contributed by atoms with E-state index in [4.69, 9.17) is 17.3 Å². The molecule has 1 fully saturated rings. The minimum Gasteiger partial charge on any atom is -0.368 e. The lowest BCUT2D eigenvalue weighted by Gasteiger charge is -2.31. The first-order valence-electron chi connectivity index (χ1n) is 7.10. The number of amides is 1. The van der Waals surface area contributed by atoms with Crippen LogP contribution in [0.1, 0.15) is 31.2 Å². The van der Waals surface area contributed by atoms with Crippen LogP contribution in [0, 0.1) is 0 Å². The normalized spacial score (nSPS) is 15.5. The number of nitrogens with one attached hydrogen (secondary N) is 1. The topological polar surface area (TPSA) is 58.4 Å². The number of carbonyl (C=O) groups is 1. The summed E-state index contributed by atoms with van der Waals surface area (Å²) < 4.78 is 0. The van der Waals surface area contributed by atoms with Crippen molar-refractivity contribution in [2.24, 2.45) is 5.73 Å². The van der Waals surface area contributed by atoms with Crippen LogP contribution >= 0.6 is 11.6 Å². The van der Waals surface area contributed by atoms with Gasteiger partial charge >= 0.3 is 0 Å². The van der Waals surface area contributed by atoms with Crippen molar-refractivity contribution in [3.8, 4) is 0 Å². The molecule has 2 rings (SSSR count). The highest BCUT2D eigenvalue weighted by atomic mass is 35.5. The van der Waals surface area contributed by atoms with Gasteiger partial charge in [-0.25, -0.2) is 0 Å². The standard InChI is InChI=1S/C15H22ClN3O/c1-18-9-11-6-7-14(13(16)8-11)19(10-15(17)20)12-4-2-3-5-12/h6-8,12,18H,2-5,9-10H2,1H3,(H2,17,20). The molecule has 0 saturated heterocycles. The van der Waals surface area contributed by atoms with E-state index in [1.54, 1.807) is 0 Å². The number of rotatable bonds is 6. The molecule has 20 heavy (non-hydrogen) atoms. The Bertz CT molecular complexity index is 472. The number of carbonyl (C=O) groups excluding carboxylic acids is 1. The number of nitrogens with two attached hydrogens (primary N) is 1. The Kier molecular flexibility index (Phi) is 5.26. The van der Waals surface area contributed by atoms with Crippen molar-refractivity contribution in [3.63, 3.8) is 0 Å². The highest BCUT2D eigenvalue weighted by Gasteiger charge is 2.25. The Morgan fingerprint density at radius 3 is 2.70 bits per heavy atom. The molecule has 0 radical (unpaired) electrons. The van der Waals surface area contributed by atoms with Crippen molar-refractivity contribution >= 4 is 23.2 Å². The number of benzene rings is 1. The number of anilines is 1. The van der Waals surface area contributed by atoms with Crippen molar-refractivity contribution in [3.05, 3.63) is 28.8 Å². The summed E-state index contributed by atoms with van der Waals surface area (Å²) in [6, 6.07) is 6.36. The van der Waals surface area contributed by atoms with Crippen LogP contribution in [0.3, 0.4) is 0 Å². The zero-order chi connectivity index (χ0) is 14.5. The summed E-state index contributed by atoms with van der Waals surface area (Å²) >= 11 is 6.40. The molecule has 0 bridgehead atoms. The van der Waals surface area contributed by atoms with Gasteiger partial charge in [-0.05, 0) is 37.6 Å². The van der Waals surface area contributed by atoms with Gasteiger partial charge < -0.3 is 16.0 Å². The summed E-state index contributed by atoms with van der Waals surface area (Å²) in [5, 5.41) is 3.79. The minimum absolute atomic E-state index is 0.232. The molecular formula is C15H22ClN3O. The van der Waals surface area contributed by atoms with Crippen molar-refractivity contribution in [1.29, 1.82) is 0 Å². The zero-order valence-electron chi connectivity index (χ0n) is 11.9. The zero-order valence-corrected chi connectivity index (χ0v) is 12.6. The van der Waals surface area contributed by atoms with E-state index in [1.807, 2.05) is 25.2 Å². The summed E-state index contributed by atoms with van der Waals surface area (Å²) in [5.41, 5.74) is 7.44. The third-order valence-corrected chi connectivity index (χ3v) is 4.10. The predicted molar refractivity (Wildman–Crippen MR) is 83.0 cm³/mol. The minimum atomic E-state index is -0.313. The molecule has 1 aromatic carbocycles. The molecule has 110 valence electrons. The van der Waals surface area contributed by atoms with Gasteiger partial charge in [0.25, 0.3) is 0 Å². The van der Waals surface area contributed by atoms with Crippen LogP contribution in [0.4, 0.5) is 5.69 Å². The Morgan fingerprint density at radius 2 is 2.15 bits per heavy atom. The molecule has 0 heterocycles. The van der Waals surface area contributed by atoms with E-state index in [0.29, 0.717) is 11.1 Å². The van der Waals surface area contributed by atoms with Crippen LogP contribution in [0.25, 0.3) is 0 Å². The third-order valence-electron chi connectivity index (χ3n) is 3.79. The molecule has 4 nitrogen and oxygen atoms in total. The van der Waals surface area contributed by atoms with E-state index in [2.05, 4.69) is 10.2 Å². The van der Waals surface area contributed by atoms with Gasteiger partial charge in [-0.1, -0.05) is 30.5 Å². The molecule has 5 heteroatoms. The lowest BCUT2D eigenvalue weighted by atomic mass is 10.1. The lowest BCUT2D eigenvalue weighted by molar-refractivity contribution is -0.116. The van der Waals surface area contributed by atoms with Crippen LogP contribution < -0.4 is 16.0 Å². The van der Waals surface area contributed by atoms with Crippen LogP contribution in [0.5, 0.6) is 0 Å². The second kappa shape index (κ2) is 6.95. The SMILES string of the molecule is CNCc1ccc(N(CC(N)=O)C2CCCC2)c(Cl)c1. The first-order valence-corrected chi connectivity index (χ1v) is 7.47. The Hall–Kier alpha value is -1.26. The second-order valence-corrected chi connectivity index (χ2v) is 5.76. The molecule has 1 aliphatic rings. The summed E-state index contributed by atoms with van der Waals surface area (Å²) in [7, 11) is 1.90. The average molecular weight is 296 g/mol. The molecule has 1 saturated carbocycles. The van der Waals surface area contributed by atoms with E-state index < -0.39 is 0 Å². The van der Waals surface area contributed by atoms with Gasteiger partial charge in [-0.3, -0.25) is 4.79 Å². The van der Waals surface area contributed by atoms with Crippen LogP contribution in [-0.4, -0.2) is 25.5 Å². The van der Waals surface area contributed by atoms with Gasteiger partial charge in [0.05, 0.1) is 17.3 Å². The molecular weight excluding hydrogens is 274 g/mol. The van der Waals surface area contributed by atoms with Gasteiger partial charge in [0.2, 0.25) is 5.91 Å². The highest BCUT2D eigenvalue weighted by Crippen LogP contribution is 2.33. The van der Waals surface area contributed by atoms with E-state index in [-0.39, 0.29) is 12.5 Å². The summed E-state index contributed by atoms with van der Waals surface area (Å²) in [4.78, 5) is 13.4. The first kappa shape index (κ1) is 15.1. The Labute approximate surface area is 125 Å². The van der Waals surface area contributed by atoms with Crippen molar-refractivity contribution in [1.82, 2.24) is 5.32 Å². The fraction of sp³-hybridized carbons (Fsp3) is 0.533. The monoisotopic (exact) mass is 295 g/mol.